The van der Waals surface area contributed by atoms with Gasteiger partial charge in [0.2, 0.25) is 0 Å². The van der Waals surface area contributed by atoms with Crippen molar-refractivity contribution in [1.29, 1.82) is 5.26 Å². The van der Waals surface area contributed by atoms with Crippen LogP contribution in [0.15, 0.2) is 42.5 Å². The van der Waals surface area contributed by atoms with E-state index in [1.54, 1.807) is 0 Å². The predicted octanol–water partition coefficient (Wildman–Crippen LogP) is 5.81. The van der Waals surface area contributed by atoms with Crippen molar-refractivity contribution in [2.24, 2.45) is 11.8 Å². The van der Waals surface area contributed by atoms with Gasteiger partial charge in [0.25, 0.3) is 0 Å². The van der Waals surface area contributed by atoms with E-state index in [2.05, 4.69) is 24.5 Å². The number of hydrogen-bond acceptors (Lipinski definition) is 4. The largest absolute Gasteiger partial charge is 0.481 e. The summed E-state index contributed by atoms with van der Waals surface area (Å²) < 4.78 is 41.0. The van der Waals surface area contributed by atoms with E-state index in [-0.39, 0.29) is 11.3 Å². The van der Waals surface area contributed by atoms with Gasteiger partial charge in [0.1, 0.15) is 0 Å². The van der Waals surface area contributed by atoms with Gasteiger partial charge in [-0.3, -0.25) is 4.79 Å². The van der Waals surface area contributed by atoms with Crippen LogP contribution >= 0.6 is 0 Å². The molecule has 2 aromatic rings. The van der Waals surface area contributed by atoms with Gasteiger partial charge in [-0.25, -0.2) is 4.79 Å². The number of nitriles is 1. The second-order valence-electron chi connectivity index (χ2n) is 9.09. The van der Waals surface area contributed by atoms with Crippen molar-refractivity contribution in [1.82, 2.24) is 0 Å². The van der Waals surface area contributed by atoms with E-state index < -0.39 is 30.5 Å². The number of urea groups is 1. The highest BCUT2D eigenvalue weighted by Crippen LogP contribution is 2.41. The van der Waals surface area contributed by atoms with Crippen LogP contribution in [0.3, 0.4) is 0 Å². The molecule has 3 unspecified atom stereocenters. The van der Waals surface area contributed by atoms with Gasteiger partial charge in [-0.05, 0) is 60.2 Å². The molecule has 0 radical (unpaired) electrons. The molecule has 1 aliphatic rings. The number of carboxylic acid groups (broad SMARTS) is 1. The van der Waals surface area contributed by atoms with Crippen molar-refractivity contribution < 1.29 is 27.9 Å². The van der Waals surface area contributed by atoms with Crippen LogP contribution in [0.5, 0.6) is 0 Å². The Bertz CT molecular complexity index is 1100. The molecule has 3 N–H and O–H groups in total. The minimum Gasteiger partial charge on any atom is -0.481 e. The Kier molecular flexibility index (Phi) is 7.89. The van der Waals surface area contributed by atoms with E-state index in [0.717, 1.165) is 6.42 Å². The fourth-order valence-electron chi connectivity index (χ4n) is 4.52. The number of carboxylic acids is 1. The maximum absolute atomic E-state index is 13.7. The molecule has 1 heterocycles. The average molecular weight is 489 g/mol. The van der Waals surface area contributed by atoms with Gasteiger partial charge in [0.15, 0.2) is 0 Å². The van der Waals surface area contributed by atoms with Crippen LogP contribution in [0, 0.1) is 23.2 Å². The molecule has 1 aliphatic heterocycles. The third-order valence-electron chi connectivity index (χ3n) is 5.93. The molecular formula is C25H27F3N4O3. The molecule has 1 fully saturated rings. The SMILES string of the molecule is CC1CC(C)CN(c2ccc(C(CC(=O)O)C(F)(F)F)cc2NC(=O)Nc2ccc(C#N)cc2)C1. The van der Waals surface area contributed by atoms with Crippen molar-refractivity contribution in [2.45, 2.75) is 38.8 Å². The highest BCUT2D eigenvalue weighted by Gasteiger charge is 2.42. The van der Waals surface area contributed by atoms with Crippen LogP contribution in [-0.2, 0) is 4.79 Å². The number of nitrogens with one attached hydrogen (secondary N) is 2. The molecule has 0 saturated carbocycles. The first-order chi connectivity index (χ1) is 16.5. The summed E-state index contributed by atoms with van der Waals surface area (Å²) in [5.74, 6) is -3.07. The van der Waals surface area contributed by atoms with E-state index in [9.17, 15) is 22.8 Å². The summed E-state index contributed by atoms with van der Waals surface area (Å²) in [6, 6.07) is 11.4. The molecule has 0 aromatic heterocycles. The molecule has 10 heteroatoms. The Morgan fingerprint density at radius 3 is 2.29 bits per heavy atom. The van der Waals surface area contributed by atoms with Gasteiger partial charge in [-0.1, -0.05) is 19.9 Å². The summed E-state index contributed by atoms with van der Waals surface area (Å²) in [7, 11) is 0. The van der Waals surface area contributed by atoms with Crippen LogP contribution in [-0.4, -0.2) is 36.4 Å². The zero-order valence-corrected chi connectivity index (χ0v) is 19.4. The van der Waals surface area contributed by atoms with Crippen molar-refractivity contribution >= 4 is 29.1 Å². The second kappa shape index (κ2) is 10.7. The van der Waals surface area contributed by atoms with Crippen molar-refractivity contribution in [3.8, 4) is 6.07 Å². The second-order valence-corrected chi connectivity index (χ2v) is 9.09. The molecule has 35 heavy (non-hydrogen) atoms. The number of piperidine rings is 1. The number of rotatable bonds is 6. The monoisotopic (exact) mass is 488 g/mol. The normalized spacial score (nSPS) is 18.9. The molecule has 3 rings (SSSR count). The van der Waals surface area contributed by atoms with E-state index >= 15 is 0 Å². The number of alkyl halides is 3. The lowest BCUT2D eigenvalue weighted by atomic mass is 9.90. The van der Waals surface area contributed by atoms with E-state index in [1.807, 2.05) is 11.0 Å². The Morgan fingerprint density at radius 2 is 1.74 bits per heavy atom. The Balaban J connectivity index is 1.95. The lowest BCUT2D eigenvalue weighted by Crippen LogP contribution is -2.39. The Labute approximate surface area is 201 Å². The zero-order valence-electron chi connectivity index (χ0n) is 19.4. The molecule has 186 valence electrons. The first kappa shape index (κ1) is 25.9. The van der Waals surface area contributed by atoms with E-state index in [4.69, 9.17) is 10.4 Å². The number of hydrogen-bond donors (Lipinski definition) is 3. The summed E-state index contributed by atoms with van der Waals surface area (Å²) in [6.45, 7) is 5.53. The predicted molar refractivity (Wildman–Crippen MR) is 126 cm³/mol. The molecule has 0 spiro atoms. The average Bonchev–Trinajstić information content (AvgIpc) is 2.76. The van der Waals surface area contributed by atoms with Gasteiger partial charge >= 0.3 is 18.2 Å². The van der Waals surface area contributed by atoms with Gasteiger partial charge in [-0.15, -0.1) is 0 Å². The number of amides is 2. The summed E-state index contributed by atoms with van der Waals surface area (Å²) >= 11 is 0. The molecule has 1 saturated heterocycles. The number of halogens is 3. The summed E-state index contributed by atoms with van der Waals surface area (Å²) in [4.78, 5) is 25.9. The maximum Gasteiger partial charge on any atom is 0.396 e. The molecule has 3 atom stereocenters. The molecule has 7 nitrogen and oxygen atoms in total. The highest BCUT2D eigenvalue weighted by molar-refractivity contribution is 6.02. The zero-order chi connectivity index (χ0) is 25.8. The first-order valence-corrected chi connectivity index (χ1v) is 11.2. The lowest BCUT2D eigenvalue weighted by Gasteiger charge is -2.37. The minimum absolute atomic E-state index is 0.162. The highest BCUT2D eigenvalue weighted by atomic mass is 19.4. The Morgan fingerprint density at radius 1 is 1.11 bits per heavy atom. The summed E-state index contributed by atoms with van der Waals surface area (Å²) in [5, 5.41) is 23.2. The number of carbonyl (C=O) groups excluding carboxylic acids is 1. The van der Waals surface area contributed by atoms with E-state index in [1.165, 1.54) is 42.5 Å². The smallest absolute Gasteiger partial charge is 0.396 e. The van der Waals surface area contributed by atoms with Crippen LogP contribution in [0.1, 0.15) is 43.7 Å². The number of aliphatic carboxylic acids is 1. The van der Waals surface area contributed by atoms with Gasteiger partial charge in [-0.2, -0.15) is 18.4 Å². The standard InChI is InChI=1S/C25H27F3N4O3/c1-15-9-16(2)14-32(13-15)22-8-5-18(20(11-23(33)34)25(26,27)28)10-21(22)31-24(35)30-19-6-3-17(12-29)4-7-19/h3-8,10,15-16,20H,9,11,13-14H2,1-2H3,(H,33,34)(H2,30,31,35). The summed E-state index contributed by atoms with van der Waals surface area (Å²) in [6.07, 6.45) is -4.86. The fraction of sp³-hybridized carbons (Fsp3) is 0.400. The minimum atomic E-state index is -4.77. The van der Waals surface area contributed by atoms with E-state index in [0.29, 0.717) is 41.9 Å². The van der Waals surface area contributed by atoms with Crippen molar-refractivity contribution in [2.75, 3.05) is 28.6 Å². The molecule has 2 aromatic carbocycles. The number of anilines is 3. The topological polar surface area (TPSA) is 105 Å². The number of benzene rings is 2. The fourth-order valence-corrected chi connectivity index (χ4v) is 4.52. The maximum atomic E-state index is 13.7. The van der Waals surface area contributed by atoms with Crippen LogP contribution in [0.2, 0.25) is 0 Å². The van der Waals surface area contributed by atoms with Gasteiger partial charge < -0.3 is 20.6 Å². The lowest BCUT2D eigenvalue weighted by molar-refractivity contribution is -0.163. The molecule has 0 aliphatic carbocycles. The van der Waals surface area contributed by atoms with Gasteiger partial charge in [0.05, 0.1) is 35.3 Å². The third kappa shape index (κ3) is 6.88. The van der Waals surface area contributed by atoms with Crippen molar-refractivity contribution in [3.05, 3.63) is 53.6 Å². The van der Waals surface area contributed by atoms with Gasteiger partial charge in [0, 0.05) is 18.8 Å². The summed E-state index contributed by atoms with van der Waals surface area (Å²) in [5.41, 5.74) is 1.30. The van der Waals surface area contributed by atoms with Crippen LogP contribution in [0.25, 0.3) is 0 Å². The molecule has 2 amide bonds. The number of nitrogens with zero attached hydrogens (tertiary/aromatic N) is 2. The molecule has 0 bridgehead atoms. The van der Waals surface area contributed by atoms with Crippen LogP contribution in [0.4, 0.5) is 35.0 Å². The quantitative estimate of drug-likeness (QED) is 0.476. The first-order valence-electron chi connectivity index (χ1n) is 11.2. The molecular weight excluding hydrogens is 461 g/mol. The van der Waals surface area contributed by atoms with Crippen molar-refractivity contribution in [3.63, 3.8) is 0 Å². The van der Waals surface area contributed by atoms with Crippen LogP contribution < -0.4 is 15.5 Å². The Hall–Kier alpha value is -3.74. The third-order valence-corrected chi connectivity index (χ3v) is 5.93. The number of carbonyl (C=O) groups is 2.